The minimum absolute atomic E-state index is 0.0138. The summed E-state index contributed by atoms with van der Waals surface area (Å²) in [6.07, 6.45) is 1.47. The molecule has 0 aliphatic heterocycles. The first kappa shape index (κ1) is 24.9. The Labute approximate surface area is 201 Å². The summed E-state index contributed by atoms with van der Waals surface area (Å²) in [6.45, 7) is 3.85. The van der Waals surface area contributed by atoms with Gasteiger partial charge in [-0.25, -0.2) is 5.43 Å². The molecule has 0 radical (unpaired) electrons. The van der Waals surface area contributed by atoms with Gasteiger partial charge < -0.3 is 14.8 Å². The zero-order valence-corrected chi connectivity index (χ0v) is 19.2. The quantitative estimate of drug-likeness (QED) is 0.255. The number of nitro groups is 1. The fourth-order valence-corrected chi connectivity index (χ4v) is 3.04. The minimum atomic E-state index is -0.455. The van der Waals surface area contributed by atoms with Crippen molar-refractivity contribution in [2.75, 3.05) is 11.9 Å². The maximum atomic E-state index is 12.4. The molecule has 0 aromatic heterocycles. The number of nitro benzene ring substituents is 1. The van der Waals surface area contributed by atoms with Crippen LogP contribution in [0.15, 0.2) is 71.8 Å². The minimum Gasteiger partial charge on any atom is -0.490 e. The molecule has 180 valence electrons. The molecular weight excluding hydrogens is 452 g/mol. The smallest absolute Gasteiger partial charge is 0.271 e. The Kier molecular flexibility index (Phi) is 8.49. The summed E-state index contributed by atoms with van der Waals surface area (Å²) < 4.78 is 11.5. The van der Waals surface area contributed by atoms with Crippen LogP contribution in [0.1, 0.15) is 35.3 Å². The highest BCUT2D eigenvalue weighted by Gasteiger charge is 2.09. The van der Waals surface area contributed by atoms with Gasteiger partial charge in [0.05, 0.1) is 17.7 Å². The Hall–Kier alpha value is -4.73. The standard InChI is InChI=1S/C25H24N4O6/c1-3-34-24-13-19(9-12-23(24)35-16-18-7-10-22(11-8-18)29(32)33)15-26-28-25(31)20-5-4-6-21(14-20)27-17(2)30/h4-15H,3,16H2,1-2H3,(H,27,30)(H,28,31)/b26-15-. The van der Waals surface area contributed by atoms with Crippen LogP contribution in [0.3, 0.4) is 0 Å². The number of non-ortho nitro benzene ring substituents is 1. The highest BCUT2D eigenvalue weighted by molar-refractivity contribution is 5.97. The normalized spacial score (nSPS) is 10.6. The molecule has 2 amide bonds. The SMILES string of the molecule is CCOc1cc(/C=N\NC(=O)c2cccc(NC(C)=O)c2)ccc1OCc1ccc([N+](=O)[O-])cc1. The summed E-state index contributed by atoms with van der Waals surface area (Å²) >= 11 is 0. The van der Waals surface area contributed by atoms with Gasteiger partial charge >= 0.3 is 0 Å². The predicted molar refractivity (Wildman–Crippen MR) is 131 cm³/mol. The third kappa shape index (κ3) is 7.39. The molecule has 10 nitrogen and oxygen atoms in total. The van der Waals surface area contributed by atoms with E-state index < -0.39 is 10.8 Å². The predicted octanol–water partition coefficient (Wildman–Crippen LogP) is 4.29. The van der Waals surface area contributed by atoms with Crippen LogP contribution in [-0.2, 0) is 11.4 Å². The van der Waals surface area contributed by atoms with E-state index in [9.17, 15) is 19.7 Å². The number of nitrogens with zero attached hydrogens (tertiary/aromatic N) is 2. The van der Waals surface area contributed by atoms with Crippen LogP contribution in [0.2, 0.25) is 0 Å². The number of hydrogen-bond donors (Lipinski definition) is 2. The number of nitrogens with one attached hydrogen (secondary N) is 2. The molecule has 0 saturated carbocycles. The molecule has 0 aliphatic rings. The summed E-state index contributed by atoms with van der Waals surface area (Å²) in [4.78, 5) is 33.9. The van der Waals surface area contributed by atoms with Crippen LogP contribution in [0.25, 0.3) is 0 Å². The Balaban J connectivity index is 1.64. The van der Waals surface area contributed by atoms with E-state index in [1.54, 1.807) is 54.6 Å². The number of hydrogen-bond acceptors (Lipinski definition) is 7. The highest BCUT2D eigenvalue weighted by atomic mass is 16.6. The van der Waals surface area contributed by atoms with Crippen molar-refractivity contribution >= 4 is 29.4 Å². The largest absolute Gasteiger partial charge is 0.490 e. The molecule has 0 saturated heterocycles. The average molecular weight is 476 g/mol. The molecule has 0 bridgehead atoms. The van der Waals surface area contributed by atoms with E-state index in [0.717, 1.165) is 5.56 Å². The van der Waals surface area contributed by atoms with Crippen LogP contribution in [-0.4, -0.2) is 29.6 Å². The molecule has 35 heavy (non-hydrogen) atoms. The molecule has 0 spiro atoms. The van der Waals surface area contributed by atoms with Gasteiger partial charge in [-0.2, -0.15) is 5.10 Å². The van der Waals surface area contributed by atoms with Gasteiger partial charge in [0.2, 0.25) is 5.91 Å². The molecule has 0 atom stereocenters. The number of amides is 2. The van der Waals surface area contributed by atoms with Gasteiger partial charge in [-0.05, 0) is 66.6 Å². The van der Waals surface area contributed by atoms with E-state index in [1.165, 1.54) is 25.3 Å². The van der Waals surface area contributed by atoms with Crippen molar-refractivity contribution in [3.8, 4) is 11.5 Å². The van der Waals surface area contributed by atoms with Crippen molar-refractivity contribution in [3.05, 3.63) is 93.5 Å². The molecule has 0 aliphatic carbocycles. The molecule has 3 aromatic rings. The number of benzene rings is 3. The van der Waals surface area contributed by atoms with Gasteiger partial charge in [0.15, 0.2) is 11.5 Å². The van der Waals surface area contributed by atoms with Crippen molar-refractivity contribution in [2.45, 2.75) is 20.5 Å². The van der Waals surface area contributed by atoms with E-state index in [4.69, 9.17) is 9.47 Å². The lowest BCUT2D eigenvalue weighted by molar-refractivity contribution is -0.384. The average Bonchev–Trinajstić information content (AvgIpc) is 2.83. The third-order valence-corrected chi connectivity index (χ3v) is 4.63. The number of ether oxygens (including phenoxy) is 2. The number of anilines is 1. The number of hydrazone groups is 1. The van der Waals surface area contributed by atoms with E-state index >= 15 is 0 Å². The lowest BCUT2D eigenvalue weighted by atomic mass is 10.2. The second-order valence-electron chi connectivity index (χ2n) is 7.31. The van der Waals surface area contributed by atoms with E-state index in [-0.39, 0.29) is 18.2 Å². The summed E-state index contributed by atoms with van der Waals surface area (Å²) in [5.41, 5.74) is 4.77. The second-order valence-corrected chi connectivity index (χ2v) is 7.31. The molecule has 3 rings (SSSR count). The highest BCUT2D eigenvalue weighted by Crippen LogP contribution is 2.29. The van der Waals surface area contributed by atoms with Crippen LogP contribution in [0, 0.1) is 10.1 Å². The van der Waals surface area contributed by atoms with Crippen molar-refractivity contribution in [1.82, 2.24) is 5.43 Å². The fourth-order valence-electron chi connectivity index (χ4n) is 3.04. The molecule has 0 unspecified atom stereocenters. The van der Waals surface area contributed by atoms with Crippen LogP contribution in [0.5, 0.6) is 11.5 Å². The van der Waals surface area contributed by atoms with Crippen molar-refractivity contribution in [2.24, 2.45) is 5.10 Å². The first-order valence-corrected chi connectivity index (χ1v) is 10.7. The Morgan fingerprint density at radius 2 is 1.80 bits per heavy atom. The van der Waals surface area contributed by atoms with E-state index in [0.29, 0.717) is 34.9 Å². The van der Waals surface area contributed by atoms with Gasteiger partial charge in [0.25, 0.3) is 11.6 Å². The van der Waals surface area contributed by atoms with Crippen molar-refractivity contribution in [3.63, 3.8) is 0 Å². The fraction of sp³-hybridized carbons (Fsp3) is 0.160. The number of rotatable bonds is 10. The topological polar surface area (TPSA) is 132 Å². The molecule has 0 heterocycles. The van der Waals surface area contributed by atoms with E-state index in [2.05, 4.69) is 15.8 Å². The Morgan fingerprint density at radius 1 is 1.03 bits per heavy atom. The van der Waals surface area contributed by atoms with Crippen LogP contribution >= 0.6 is 0 Å². The maximum Gasteiger partial charge on any atom is 0.271 e. The first-order valence-electron chi connectivity index (χ1n) is 10.7. The molecule has 10 heteroatoms. The Bertz CT molecular complexity index is 1240. The zero-order valence-electron chi connectivity index (χ0n) is 19.2. The summed E-state index contributed by atoms with van der Waals surface area (Å²) in [7, 11) is 0. The third-order valence-electron chi connectivity index (χ3n) is 4.63. The summed E-state index contributed by atoms with van der Waals surface area (Å²) in [6, 6.07) is 17.8. The van der Waals surface area contributed by atoms with Gasteiger partial charge in [-0.1, -0.05) is 6.07 Å². The first-order chi connectivity index (χ1) is 16.9. The maximum absolute atomic E-state index is 12.4. The molecule has 0 fully saturated rings. The second kappa shape index (κ2) is 11.9. The van der Waals surface area contributed by atoms with Gasteiger partial charge in [0.1, 0.15) is 6.61 Å². The summed E-state index contributed by atoms with van der Waals surface area (Å²) in [5, 5.41) is 17.4. The molecular formula is C25H24N4O6. The lowest BCUT2D eigenvalue weighted by Crippen LogP contribution is -2.18. The van der Waals surface area contributed by atoms with Crippen LogP contribution < -0.4 is 20.2 Å². The van der Waals surface area contributed by atoms with Crippen LogP contribution in [0.4, 0.5) is 11.4 Å². The van der Waals surface area contributed by atoms with Gasteiger partial charge in [-0.3, -0.25) is 19.7 Å². The molecule has 2 N–H and O–H groups in total. The lowest BCUT2D eigenvalue weighted by Gasteiger charge is -2.12. The monoisotopic (exact) mass is 476 g/mol. The zero-order chi connectivity index (χ0) is 25.2. The van der Waals surface area contributed by atoms with Gasteiger partial charge in [0, 0.05) is 30.3 Å². The van der Waals surface area contributed by atoms with Gasteiger partial charge in [-0.15, -0.1) is 0 Å². The van der Waals surface area contributed by atoms with Crippen molar-refractivity contribution < 1.29 is 24.0 Å². The van der Waals surface area contributed by atoms with E-state index in [1.807, 2.05) is 6.92 Å². The van der Waals surface area contributed by atoms with Crippen molar-refractivity contribution in [1.29, 1.82) is 0 Å². The molecule has 3 aromatic carbocycles. The number of carbonyl (C=O) groups is 2. The Morgan fingerprint density at radius 3 is 2.49 bits per heavy atom. The summed E-state index contributed by atoms with van der Waals surface area (Å²) in [5.74, 6) is 0.334. The number of carbonyl (C=O) groups excluding carboxylic acids is 2.